The second kappa shape index (κ2) is 4.91. The van der Waals surface area contributed by atoms with Crippen LogP contribution in [0.3, 0.4) is 0 Å². The van der Waals surface area contributed by atoms with Crippen LogP contribution in [0.25, 0.3) is 0 Å². The highest BCUT2D eigenvalue weighted by Gasteiger charge is 2.01. The van der Waals surface area contributed by atoms with Gasteiger partial charge in [0, 0.05) is 5.69 Å². The van der Waals surface area contributed by atoms with Gasteiger partial charge >= 0.3 is 6.02 Å². The average molecular weight is 192 g/mol. The van der Waals surface area contributed by atoms with Gasteiger partial charge in [0.05, 0.1) is 5.76 Å². The number of anilines is 1. The highest BCUT2D eigenvalue weighted by atomic mass is 16.5. The van der Waals surface area contributed by atoms with Crippen molar-refractivity contribution in [3.63, 3.8) is 0 Å². The minimum Gasteiger partial charge on any atom is -0.429 e. The molecule has 0 bridgehead atoms. The van der Waals surface area contributed by atoms with E-state index in [1.165, 1.54) is 0 Å². The minimum absolute atomic E-state index is 0.00343. The Balaban J connectivity index is 2.63. The first-order valence-electron chi connectivity index (χ1n) is 4.10. The second-order valence-electron chi connectivity index (χ2n) is 2.70. The summed E-state index contributed by atoms with van der Waals surface area (Å²) >= 11 is 0. The number of hydrogen-bond donors (Lipinski definition) is 2. The molecule has 0 heterocycles. The van der Waals surface area contributed by atoms with Gasteiger partial charge in [0.2, 0.25) is 0 Å². The first kappa shape index (κ1) is 10.1. The number of nitrogens with zero attached hydrogens (tertiary/aromatic N) is 1. The fourth-order valence-electron chi connectivity index (χ4n) is 0.881. The maximum Gasteiger partial charge on any atom is 0.333 e. The van der Waals surface area contributed by atoms with Gasteiger partial charge in [0.15, 0.2) is 0 Å². The van der Waals surface area contributed by atoms with Gasteiger partial charge in [0.1, 0.15) is 0 Å². The Kier molecular flexibility index (Phi) is 3.55. The number of oxime groups is 1. The van der Waals surface area contributed by atoms with Crippen molar-refractivity contribution in [2.75, 3.05) is 5.32 Å². The van der Waals surface area contributed by atoms with E-state index in [0.29, 0.717) is 5.76 Å². The third kappa shape index (κ3) is 3.18. The summed E-state index contributed by atoms with van der Waals surface area (Å²) in [6.45, 7) is 5.19. The van der Waals surface area contributed by atoms with Gasteiger partial charge in [-0.3, -0.25) is 0 Å². The first-order chi connectivity index (χ1) is 6.72. The lowest BCUT2D eigenvalue weighted by Gasteiger charge is -2.08. The Morgan fingerprint density at radius 1 is 1.43 bits per heavy atom. The topological polar surface area (TPSA) is 53.9 Å². The quantitative estimate of drug-likeness (QED) is 0.249. The molecule has 4 nitrogen and oxygen atoms in total. The van der Waals surface area contributed by atoms with Crippen molar-refractivity contribution < 1.29 is 9.94 Å². The maximum atomic E-state index is 8.60. The van der Waals surface area contributed by atoms with E-state index in [9.17, 15) is 0 Å². The molecule has 0 aromatic heterocycles. The Morgan fingerprint density at radius 2 is 2.07 bits per heavy atom. The molecule has 0 aliphatic rings. The number of rotatable bonds is 2. The van der Waals surface area contributed by atoms with Gasteiger partial charge in [0.25, 0.3) is 0 Å². The molecule has 74 valence electrons. The lowest BCUT2D eigenvalue weighted by Crippen LogP contribution is -2.14. The van der Waals surface area contributed by atoms with Crippen LogP contribution in [0.1, 0.15) is 6.92 Å². The van der Waals surface area contributed by atoms with Crippen LogP contribution in [0.15, 0.2) is 47.8 Å². The van der Waals surface area contributed by atoms with Crippen LogP contribution in [0.2, 0.25) is 0 Å². The van der Waals surface area contributed by atoms with E-state index in [4.69, 9.17) is 9.94 Å². The summed E-state index contributed by atoms with van der Waals surface area (Å²) in [6, 6.07) is 9.26. The van der Waals surface area contributed by atoms with E-state index in [1.807, 2.05) is 30.3 Å². The Labute approximate surface area is 82.5 Å². The smallest absolute Gasteiger partial charge is 0.333 e. The minimum atomic E-state index is 0.00343. The SMILES string of the molecule is C=C(C)OC(=NO)Nc1ccccc1. The van der Waals surface area contributed by atoms with E-state index in [-0.39, 0.29) is 6.02 Å². The third-order valence-electron chi connectivity index (χ3n) is 1.39. The Morgan fingerprint density at radius 3 is 2.57 bits per heavy atom. The second-order valence-corrected chi connectivity index (χ2v) is 2.70. The summed E-state index contributed by atoms with van der Waals surface area (Å²) in [5.74, 6) is 0.446. The van der Waals surface area contributed by atoms with Gasteiger partial charge in [-0.25, -0.2) is 0 Å². The van der Waals surface area contributed by atoms with Crippen LogP contribution < -0.4 is 5.32 Å². The lowest BCUT2D eigenvalue weighted by molar-refractivity contribution is 0.290. The number of nitrogens with one attached hydrogen (secondary N) is 1. The van der Waals surface area contributed by atoms with Gasteiger partial charge in [-0.2, -0.15) is 0 Å². The molecule has 0 aliphatic carbocycles. The molecule has 0 spiro atoms. The van der Waals surface area contributed by atoms with Crippen molar-refractivity contribution in [3.05, 3.63) is 42.7 Å². The van der Waals surface area contributed by atoms with Gasteiger partial charge in [-0.15, -0.1) is 0 Å². The van der Waals surface area contributed by atoms with Crippen molar-refractivity contribution >= 4 is 11.7 Å². The summed E-state index contributed by atoms with van der Waals surface area (Å²) in [5.41, 5.74) is 0.779. The van der Waals surface area contributed by atoms with Crippen LogP contribution in [-0.2, 0) is 4.74 Å². The largest absolute Gasteiger partial charge is 0.429 e. The molecular formula is C10H12N2O2. The molecular weight excluding hydrogens is 180 g/mol. The molecule has 0 unspecified atom stereocenters. The molecule has 1 aromatic carbocycles. The summed E-state index contributed by atoms with van der Waals surface area (Å²) in [5, 5.41) is 14.3. The van der Waals surface area contributed by atoms with E-state index in [0.717, 1.165) is 5.69 Å². The highest BCUT2D eigenvalue weighted by molar-refractivity contribution is 5.89. The van der Waals surface area contributed by atoms with Crippen LogP contribution in [0.4, 0.5) is 5.69 Å². The third-order valence-corrected chi connectivity index (χ3v) is 1.39. The van der Waals surface area contributed by atoms with E-state index < -0.39 is 0 Å². The maximum absolute atomic E-state index is 8.60. The van der Waals surface area contributed by atoms with Crippen LogP contribution in [-0.4, -0.2) is 11.2 Å². The molecule has 0 saturated carbocycles. The molecule has 1 rings (SSSR count). The normalized spacial score (nSPS) is 10.8. The number of ether oxygens (including phenoxy) is 1. The van der Waals surface area contributed by atoms with Crippen LogP contribution in [0.5, 0.6) is 0 Å². The molecule has 1 aromatic rings. The molecule has 0 amide bonds. The first-order valence-corrected chi connectivity index (χ1v) is 4.10. The number of para-hydroxylation sites is 1. The molecule has 0 fully saturated rings. The van der Waals surface area contributed by atoms with Gasteiger partial charge < -0.3 is 15.3 Å². The zero-order chi connectivity index (χ0) is 10.4. The van der Waals surface area contributed by atoms with E-state index in [1.54, 1.807) is 6.92 Å². The number of amidine groups is 1. The molecule has 4 heteroatoms. The Bertz CT molecular complexity index is 333. The van der Waals surface area contributed by atoms with Gasteiger partial charge in [-0.05, 0) is 24.2 Å². The van der Waals surface area contributed by atoms with Crippen molar-refractivity contribution in [2.24, 2.45) is 5.16 Å². The summed E-state index contributed by atoms with van der Waals surface area (Å²) in [4.78, 5) is 0. The zero-order valence-electron chi connectivity index (χ0n) is 7.90. The molecule has 0 saturated heterocycles. The van der Waals surface area contributed by atoms with E-state index >= 15 is 0 Å². The van der Waals surface area contributed by atoms with Crippen molar-refractivity contribution in [3.8, 4) is 0 Å². The highest BCUT2D eigenvalue weighted by Crippen LogP contribution is 2.06. The molecule has 0 aliphatic heterocycles. The fraction of sp³-hybridized carbons (Fsp3) is 0.100. The average Bonchev–Trinajstić information content (AvgIpc) is 2.17. The lowest BCUT2D eigenvalue weighted by atomic mass is 10.3. The predicted octanol–water partition coefficient (Wildman–Crippen LogP) is 2.39. The molecule has 14 heavy (non-hydrogen) atoms. The van der Waals surface area contributed by atoms with Crippen molar-refractivity contribution in [1.29, 1.82) is 0 Å². The zero-order valence-corrected chi connectivity index (χ0v) is 7.90. The van der Waals surface area contributed by atoms with Gasteiger partial charge in [-0.1, -0.05) is 24.8 Å². The van der Waals surface area contributed by atoms with Crippen molar-refractivity contribution in [2.45, 2.75) is 6.92 Å². The monoisotopic (exact) mass is 192 g/mol. The molecule has 2 N–H and O–H groups in total. The summed E-state index contributed by atoms with van der Waals surface area (Å²) in [7, 11) is 0. The molecule has 0 radical (unpaired) electrons. The van der Waals surface area contributed by atoms with Crippen molar-refractivity contribution in [1.82, 2.24) is 0 Å². The standard InChI is InChI=1S/C10H12N2O2/c1-8(2)14-10(12-13)11-9-6-4-3-5-7-9/h3-7,13H,1H2,2H3,(H,11,12). The predicted molar refractivity (Wildman–Crippen MR) is 55.2 cm³/mol. The van der Waals surface area contributed by atoms with Crippen LogP contribution in [0, 0.1) is 0 Å². The molecule has 0 atom stereocenters. The number of hydrogen-bond acceptors (Lipinski definition) is 3. The number of benzene rings is 1. The van der Waals surface area contributed by atoms with Crippen LogP contribution >= 0.6 is 0 Å². The summed E-state index contributed by atoms with van der Waals surface area (Å²) < 4.78 is 5.00. The summed E-state index contributed by atoms with van der Waals surface area (Å²) in [6.07, 6.45) is 0. The Hall–Kier alpha value is -1.97. The fourth-order valence-corrected chi connectivity index (χ4v) is 0.881. The van der Waals surface area contributed by atoms with E-state index in [2.05, 4.69) is 17.1 Å². The number of allylic oxidation sites excluding steroid dienone is 1.